The Morgan fingerprint density at radius 2 is 1.86 bits per heavy atom. The Morgan fingerprint density at radius 3 is 2.41 bits per heavy atom. The van der Waals surface area contributed by atoms with E-state index in [2.05, 4.69) is 9.72 Å². The highest BCUT2D eigenvalue weighted by Gasteiger charge is 2.31. The number of carboxylic acids is 1. The molecule has 0 saturated heterocycles. The SMILES string of the molecule is O=C(O)Cc1cc(F)cnc1-c1ccc(OC(F)(F)F)cc1. The molecule has 1 aromatic heterocycles. The summed E-state index contributed by atoms with van der Waals surface area (Å²) in [4.78, 5) is 14.6. The minimum Gasteiger partial charge on any atom is -0.481 e. The predicted octanol–water partition coefficient (Wildman–Crippen LogP) is 3.41. The van der Waals surface area contributed by atoms with Gasteiger partial charge in [-0.3, -0.25) is 9.78 Å². The van der Waals surface area contributed by atoms with E-state index in [0.717, 1.165) is 24.4 Å². The molecule has 0 bridgehead atoms. The lowest BCUT2D eigenvalue weighted by molar-refractivity contribution is -0.274. The van der Waals surface area contributed by atoms with Crippen LogP contribution in [0.4, 0.5) is 17.6 Å². The van der Waals surface area contributed by atoms with Gasteiger partial charge in [0.15, 0.2) is 0 Å². The fraction of sp³-hybridized carbons (Fsp3) is 0.143. The van der Waals surface area contributed by atoms with Gasteiger partial charge in [0.25, 0.3) is 0 Å². The fourth-order valence-corrected chi connectivity index (χ4v) is 1.85. The zero-order valence-corrected chi connectivity index (χ0v) is 10.9. The van der Waals surface area contributed by atoms with E-state index in [1.807, 2.05) is 0 Å². The van der Waals surface area contributed by atoms with Gasteiger partial charge in [-0.05, 0) is 35.9 Å². The van der Waals surface area contributed by atoms with Gasteiger partial charge in [0.2, 0.25) is 0 Å². The van der Waals surface area contributed by atoms with Crippen molar-refractivity contribution in [2.45, 2.75) is 12.8 Å². The smallest absolute Gasteiger partial charge is 0.481 e. The van der Waals surface area contributed by atoms with Gasteiger partial charge in [-0.15, -0.1) is 13.2 Å². The standard InChI is InChI=1S/C14H9F4NO3/c15-10-5-9(6-12(20)21)13(19-7-10)8-1-3-11(4-2-8)22-14(16,17)18/h1-5,7H,6H2,(H,20,21). The van der Waals surface area contributed by atoms with Crippen molar-refractivity contribution in [2.24, 2.45) is 0 Å². The average Bonchev–Trinajstić information content (AvgIpc) is 2.37. The molecule has 116 valence electrons. The lowest BCUT2D eigenvalue weighted by Crippen LogP contribution is -2.16. The number of benzene rings is 1. The molecule has 0 saturated carbocycles. The molecule has 2 rings (SSSR count). The van der Waals surface area contributed by atoms with Crippen molar-refractivity contribution in [2.75, 3.05) is 0 Å². The molecule has 0 fully saturated rings. The number of alkyl halides is 3. The van der Waals surface area contributed by atoms with Crippen LogP contribution < -0.4 is 4.74 Å². The number of aromatic nitrogens is 1. The molecule has 1 N–H and O–H groups in total. The zero-order chi connectivity index (χ0) is 16.3. The van der Waals surface area contributed by atoms with Crippen LogP contribution in [0, 0.1) is 5.82 Å². The van der Waals surface area contributed by atoms with Crippen LogP contribution in [-0.4, -0.2) is 22.4 Å². The summed E-state index contributed by atoms with van der Waals surface area (Å²) in [5.41, 5.74) is 0.658. The van der Waals surface area contributed by atoms with E-state index in [1.54, 1.807) is 0 Å². The second kappa shape index (κ2) is 6.00. The Balaban J connectivity index is 2.33. The predicted molar refractivity (Wildman–Crippen MR) is 67.7 cm³/mol. The number of carboxylic acid groups (broad SMARTS) is 1. The van der Waals surface area contributed by atoms with Gasteiger partial charge in [0.05, 0.1) is 18.3 Å². The largest absolute Gasteiger partial charge is 0.573 e. The van der Waals surface area contributed by atoms with Crippen molar-refractivity contribution in [1.29, 1.82) is 0 Å². The van der Waals surface area contributed by atoms with Crippen LogP contribution in [0.2, 0.25) is 0 Å². The Morgan fingerprint density at radius 1 is 1.23 bits per heavy atom. The number of aliphatic carboxylic acids is 1. The fourth-order valence-electron chi connectivity index (χ4n) is 1.85. The molecule has 22 heavy (non-hydrogen) atoms. The van der Waals surface area contributed by atoms with Crippen LogP contribution in [0.3, 0.4) is 0 Å². The summed E-state index contributed by atoms with van der Waals surface area (Å²) in [6, 6.07) is 5.73. The molecule has 1 heterocycles. The monoisotopic (exact) mass is 315 g/mol. The van der Waals surface area contributed by atoms with Crippen LogP contribution in [0.5, 0.6) is 5.75 Å². The van der Waals surface area contributed by atoms with Gasteiger partial charge >= 0.3 is 12.3 Å². The molecular formula is C14H9F4NO3. The Hall–Kier alpha value is -2.64. The first-order chi connectivity index (χ1) is 10.2. The number of rotatable bonds is 4. The summed E-state index contributed by atoms with van der Waals surface area (Å²) >= 11 is 0. The molecule has 0 aliphatic heterocycles. The maximum Gasteiger partial charge on any atom is 0.573 e. The molecule has 0 amide bonds. The van der Waals surface area contributed by atoms with Gasteiger partial charge in [-0.1, -0.05) is 0 Å². The van der Waals surface area contributed by atoms with E-state index in [0.29, 0.717) is 5.56 Å². The summed E-state index contributed by atoms with van der Waals surface area (Å²) < 4.78 is 53.1. The summed E-state index contributed by atoms with van der Waals surface area (Å²) in [6.07, 6.45) is -4.36. The lowest BCUT2D eigenvalue weighted by Gasteiger charge is -2.10. The zero-order valence-electron chi connectivity index (χ0n) is 10.9. The van der Waals surface area contributed by atoms with E-state index >= 15 is 0 Å². The van der Waals surface area contributed by atoms with Crippen LogP contribution in [0.15, 0.2) is 36.5 Å². The second-order valence-corrected chi connectivity index (χ2v) is 4.30. The van der Waals surface area contributed by atoms with Crippen molar-refractivity contribution in [3.05, 3.63) is 47.9 Å². The average molecular weight is 315 g/mol. The third kappa shape index (κ3) is 4.18. The summed E-state index contributed by atoms with van der Waals surface area (Å²) in [5, 5.41) is 8.81. The third-order valence-electron chi connectivity index (χ3n) is 2.64. The van der Waals surface area contributed by atoms with E-state index in [9.17, 15) is 22.4 Å². The van der Waals surface area contributed by atoms with Gasteiger partial charge < -0.3 is 9.84 Å². The highest BCUT2D eigenvalue weighted by atomic mass is 19.4. The van der Waals surface area contributed by atoms with Crippen molar-refractivity contribution in [3.8, 4) is 17.0 Å². The number of hydrogen-bond acceptors (Lipinski definition) is 3. The van der Waals surface area contributed by atoms with Crippen LogP contribution in [0.25, 0.3) is 11.3 Å². The molecule has 0 aliphatic carbocycles. The van der Waals surface area contributed by atoms with E-state index < -0.39 is 30.3 Å². The lowest BCUT2D eigenvalue weighted by atomic mass is 10.0. The molecular weight excluding hydrogens is 306 g/mol. The molecule has 0 unspecified atom stereocenters. The van der Waals surface area contributed by atoms with E-state index in [4.69, 9.17) is 5.11 Å². The molecule has 4 nitrogen and oxygen atoms in total. The normalized spacial score (nSPS) is 11.3. The van der Waals surface area contributed by atoms with Crippen molar-refractivity contribution in [1.82, 2.24) is 4.98 Å². The maximum absolute atomic E-state index is 13.2. The number of nitrogens with zero attached hydrogens (tertiary/aromatic N) is 1. The third-order valence-corrected chi connectivity index (χ3v) is 2.64. The first-order valence-corrected chi connectivity index (χ1v) is 5.97. The molecule has 8 heteroatoms. The second-order valence-electron chi connectivity index (χ2n) is 4.30. The molecule has 0 spiro atoms. The van der Waals surface area contributed by atoms with Crippen LogP contribution >= 0.6 is 0 Å². The maximum atomic E-state index is 13.2. The summed E-state index contributed by atoms with van der Waals surface area (Å²) in [7, 11) is 0. The highest BCUT2D eigenvalue weighted by molar-refractivity contribution is 5.75. The molecule has 0 aliphatic rings. The summed E-state index contributed by atoms with van der Waals surface area (Å²) in [6.45, 7) is 0. The van der Waals surface area contributed by atoms with Crippen molar-refractivity contribution < 1.29 is 32.2 Å². The van der Waals surface area contributed by atoms with Crippen LogP contribution in [0.1, 0.15) is 5.56 Å². The van der Waals surface area contributed by atoms with Gasteiger partial charge in [0, 0.05) is 5.56 Å². The van der Waals surface area contributed by atoms with Crippen molar-refractivity contribution >= 4 is 5.97 Å². The molecule has 2 aromatic rings. The molecule has 0 radical (unpaired) electrons. The number of ether oxygens (including phenoxy) is 1. The van der Waals surface area contributed by atoms with E-state index in [1.165, 1.54) is 12.1 Å². The Labute approximate surface area is 122 Å². The van der Waals surface area contributed by atoms with Gasteiger partial charge in [0.1, 0.15) is 11.6 Å². The summed E-state index contributed by atoms with van der Waals surface area (Å²) in [5.74, 6) is -2.29. The Bertz CT molecular complexity index is 683. The molecule has 1 aromatic carbocycles. The quantitative estimate of drug-likeness (QED) is 0.878. The van der Waals surface area contributed by atoms with Gasteiger partial charge in [-0.2, -0.15) is 0 Å². The molecule has 0 atom stereocenters. The number of hydrogen-bond donors (Lipinski definition) is 1. The minimum absolute atomic E-state index is 0.122. The Kier molecular flexibility index (Phi) is 4.30. The van der Waals surface area contributed by atoms with Crippen LogP contribution in [-0.2, 0) is 11.2 Å². The topological polar surface area (TPSA) is 59.4 Å². The first kappa shape index (κ1) is 15.7. The van der Waals surface area contributed by atoms with Crippen molar-refractivity contribution in [3.63, 3.8) is 0 Å². The first-order valence-electron chi connectivity index (χ1n) is 5.97. The number of pyridine rings is 1. The van der Waals surface area contributed by atoms with E-state index in [-0.39, 0.29) is 11.3 Å². The highest BCUT2D eigenvalue weighted by Crippen LogP contribution is 2.27. The van der Waals surface area contributed by atoms with Gasteiger partial charge in [-0.25, -0.2) is 4.39 Å². The number of halogens is 4. The minimum atomic E-state index is -4.80. The number of carbonyl (C=O) groups is 1.